The maximum absolute atomic E-state index is 12.2. The summed E-state index contributed by atoms with van der Waals surface area (Å²) in [6.07, 6.45) is 1.64. The summed E-state index contributed by atoms with van der Waals surface area (Å²) in [5.74, 6) is 0.685. The molecule has 0 aliphatic heterocycles. The number of H-pyrrole nitrogens is 2. The summed E-state index contributed by atoms with van der Waals surface area (Å²) in [5.41, 5.74) is 2.25. The van der Waals surface area contributed by atoms with E-state index in [1.54, 1.807) is 25.4 Å². The van der Waals surface area contributed by atoms with Crippen LogP contribution >= 0.6 is 0 Å². The highest BCUT2D eigenvalue weighted by Crippen LogP contribution is 2.18. The quantitative estimate of drug-likeness (QED) is 0.689. The van der Waals surface area contributed by atoms with Gasteiger partial charge in [0.05, 0.1) is 12.6 Å². The predicted molar refractivity (Wildman–Crippen MR) is 90.2 cm³/mol. The van der Waals surface area contributed by atoms with Crippen molar-refractivity contribution in [2.24, 2.45) is 0 Å². The summed E-state index contributed by atoms with van der Waals surface area (Å²) < 4.78 is 5.15. The van der Waals surface area contributed by atoms with Crippen molar-refractivity contribution in [1.29, 1.82) is 0 Å². The van der Waals surface area contributed by atoms with Crippen molar-refractivity contribution < 1.29 is 4.74 Å². The Kier molecular flexibility index (Phi) is 3.89. The van der Waals surface area contributed by atoms with Crippen LogP contribution in [0.3, 0.4) is 0 Å². The van der Waals surface area contributed by atoms with Gasteiger partial charge >= 0.3 is 0 Å². The first-order valence-corrected chi connectivity index (χ1v) is 7.20. The zero-order chi connectivity index (χ0) is 16.4. The summed E-state index contributed by atoms with van der Waals surface area (Å²) >= 11 is 0. The Morgan fingerprint density at radius 3 is 2.74 bits per heavy atom. The van der Waals surface area contributed by atoms with E-state index >= 15 is 0 Å². The SMILES string of the molecule is COc1ccc2cc(CNc3cc(C)c[nH]c3=O)c(=O)[nH]c2c1. The lowest BCUT2D eigenvalue weighted by atomic mass is 10.1. The Morgan fingerprint density at radius 1 is 1.13 bits per heavy atom. The fourth-order valence-electron chi connectivity index (χ4n) is 2.40. The van der Waals surface area contributed by atoms with Crippen LogP contribution in [-0.2, 0) is 6.54 Å². The molecule has 0 saturated heterocycles. The fraction of sp³-hybridized carbons (Fsp3) is 0.176. The summed E-state index contributed by atoms with van der Waals surface area (Å²) in [5, 5.41) is 3.91. The number of hydrogen-bond donors (Lipinski definition) is 3. The Hall–Kier alpha value is -3.02. The smallest absolute Gasteiger partial charge is 0.271 e. The molecule has 0 spiro atoms. The number of fused-ring (bicyclic) bond motifs is 1. The molecule has 118 valence electrons. The zero-order valence-electron chi connectivity index (χ0n) is 12.9. The van der Waals surface area contributed by atoms with Gasteiger partial charge in [-0.2, -0.15) is 0 Å². The van der Waals surface area contributed by atoms with Crippen molar-refractivity contribution >= 4 is 16.6 Å². The van der Waals surface area contributed by atoms with Crippen molar-refractivity contribution in [2.45, 2.75) is 13.5 Å². The third-order valence-corrected chi connectivity index (χ3v) is 3.65. The second kappa shape index (κ2) is 6.00. The van der Waals surface area contributed by atoms with Crippen molar-refractivity contribution in [1.82, 2.24) is 9.97 Å². The fourth-order valence-corrected chi connectivity index (χ4v) is 2.40. The van der Waals surface area contributed by atoms with Gasteiger partial charge in [-0.15, -0.1) is 0 Å². The molecule has 0 atom stereocenters. The Morgan fingerprint density at radius 2 is 1.96 bits per heavy atom. The van der Waals surface area contributed by atoms with E-state index in [1.807, 2.05) is 25.1 Å². The standard InChI is InChI=1S/C17H17N3O3/c1-10-5-15(17(22)19-8-10)18-9-12-6-11-3-4-13(23-2)7-14(11)20-16(12)21/h3-8,18H,9H2,1-2H3,(H,19,22)(H,20,21). The van der Waals surface area contributed by atoms with Crippen LogP contribution in [0.25, 0.3) is 10.9 Å². The Balaban J connectivity index is 1.91. The van der Waals surface area contributed by atoms with E-state index in [0.29, 0.717) is 22.5 Å². The largest absolute Gasteiger partial charge is 0.497 e. The van der Waals surface area contributed by atoms with Gasteiger partial charge in [0.25, 0.3) is 11.1 Å². The molecule has 0 saturated carbocycles. The van der Waals surface area contributed by atoms with Crippen LogP contribution in [0.2, 0.25) is 0 Å². The Labute approximate surface area is 132 Å². The number of anilines is 1. The Bertz CT molecular complexity index is 973. The average molecular weight is 311 g/mol. The number of methoxy groups -OCH3 is 1. The number of rotatable bonds is 4. The molecule has 3 rings (SSSR count). The molecule has 6 nitrogen and oxygen atoms in total. The molecule has 0 amide bonds. The van der Waals surface area contributed by atoms with Gasteiger partial charge in [-0.3, -0.25) is 9.59 Å². The highest BCUT2D eigenvalue weighted by atomic mass is 16.5. The molecule has 0 aliphatic rings. The first-order valence-electron chi connectivity index (χ1n) is 7.20. The molecule has 0 bridgehead atoms. The number of ether oxygens (including phenoxy) is 1. The lowest BCUT2D eigenvalue weighted by Crippen LogP contribution is -2.19. The summed E-state index contributed by atoms with van der Waals surface area (Å²) in [6, 6.07) is 9.05. The molecular formula is C17H17N3O3. The van der Waals surface area contributed by atoms with Crippen LogP contribution in [-0.4, -0.2) is 17.1 Å². The summed E-state index contributed by atoms with van der Waals surface area (Å²) in [7, 11) is 1.58. The molecular weight excluding hydrogens is 294 g/mol. The van der Waals surface area contributed by atoms with Crippen molar-refractivity contribution in [3.63, 3.8) is 0 Å². The third-order valence-electron chi connectivity index (χ3n) is 3.65. The first-order chi connectivity index (χ1) is 11.1. The number of aromatic nitrogens is 2. The summed E-state index contributed by atoms with van der Waals surface area (Å²) in [4.78, 5) is 29.4. The molecule has 2 aromatic heterocycles. The van der Waals surface area contributed by atoms with Crippen LogP contribution in [0.15, 0.2) is 46.1 Å². The number of hydrogen-bond acceptors (Lipinski definition) is 4. The van der Waals surface area contributed by atoms with Gasteiger partial charge in [-0.25, -0.2) is 0 Å². The molecule has 3 N–H and O–H groups in total. The van der Waals surface area contributed by atoms with Gasteiger partial charge in [0, 0.05) is 24.4 Å². The molecule has 0 fully saturated rings. The van der Waals surface area contributed by atoms with Crippen LogP contribution in [0.1, 0.15) is 11.1 Å². The van der Waals surface area contributed by atoms with Gasteiger partial charge in [-0.05, 0) is 42.1 Å². The van der Waals surface area contributed by atoms with Gasteiger partial charge < -0.3 is 20.0 Å². The van der Waals surface area contributed by atoms with E-state index in [-0.39, 0.29) is 17.7 Å². The molecule has 2 heterocycles. The third kappa shape index (κ3) is 3.11. The number of pyridine rings is 2. The number of benzene rings is 1. The van der Waals surface area contributed by atoms with Gasteiger partial charge in [0.1, 0.15) is 11.4 Å². The summed E-state index contributed by atoms with van der Waals surface area (Å²) in [6.45, 7) is 2.15. The second-order valence-corrected chi connectivity index (χ2v) is 5.35. The maximum Gasteiger partial charge on any atom is 0.271 e. The zero-order valence-corrected chi connectivity index (χ0v) is 12.9. The lowest BCUT2D eigenvalue weighted by Gasteiger charge is -2.08. The van der Waals surface area contributed by atoms with Crippen molar-refractivity contribution in [3.05, 3.63) is 68.4 Å². The molecule has 3 aromatic rings. The monoisotopic (exact) mass is 311 g/mol. The van der Waals surface area contributed by atoms with E-state index in [2.05, 4.69) is 15.3 Å². The van der Waals surface area contributed by atoms with E-state index in [1.165, 1.54) is 0 Å². The van der Waals surface area contributed by atoms with E-state index < -0.39 is 0 Å². The molecule has 1 aromatic carbocycles. The number of aromatic amines is 2. The van der Waals surface area contributed by atoms with Crippen molar-refractivity contribution in [2.75, 3.05) is 12.4 Å². The van der Waals surface area contributed by atoms with Crippen LogP contribution < -0.4 is 21.2 Å². The minimum Gasteiger partial charge on any atom is -0.497 e. The van der Waals surface area contributed by atoms with E-state index in [9.17, 15) is 9.59 Å². The highest BCUT2D eigenvalue weighted by molar-refractivity contribution is 5.80. The average Bonchev–Trinajstić information content (AvgIpc) is 2.55. The normalized spacial score (nSPS) is 10.7. The molecule has 23 heavy (non-hydrogen) atoms. The number of nitrogens with one attached hydrogen (secondary N) is 3. The highest BCUT2D eigenvalue weighted by Gasteiger charge is 2.06. The second-order valence-electron chi connectivity index (χ2n) is 5.35. The van der Waals surface area contributed by atoms with Gasteiger partial charge in [-0.1, -0.05) is 0 Å². The van der Waals surface area contributed by atoms with Crippen LogP contribution in [0.4, 0.5) is 5.69 Å². The predicted octanol–water partition coefficient (Wildman–Crippen LogP) is 2.15. The van der Waals surface area contributed by atoms with E-state index in [0.717, 1.165) is 10.9 Å². The molecule has 6 heteroatoms. The first kappa shape index (κ1) is 14.9. The van der Waals surface area contributed by atoms with Gasteiger partial charge in [0.2, 0.25) is 0 Å². The van der Waals surface area contributed by atoms with Crippen molar-refractivity contribution in [3.8, 4) is 5.75 Å². The number of aryl methyl sites for hydroxylation is 1. The molecule has 0 aliphatic carbocycles. The lowest BCUT2D eigenvalue weighted by molar-refractivity contribution is 0.415. The topological polar surface area (TPSA) is 87.0 Å². The van der Waals surface area contributed by atoms with E-state index in [4.69, 9.17) is 4.74 Å². The molecule has 0 radical (unpaired) electrons. The van der Waals surface area contributed by atoms with Crippen LogP contribution in [0, 0.1) is 6.92 Å². The van der Waals surface area contributed by atoms with Crippen LogP contribution in [0.5, 0.6) is 5.75 Å². The minimum atomic E-state index is -0.211. The molecule has 0 unspecified atom stereocenters. The minimum absolute atomic E-state index is 0.192. The maximum atomic E-state index is 12.2. The van der Waals surface area contributed by atoms with Gasteiger partial charge in [0.15, 0.2) is 0 Å².